The number of nitrogens with one attached hydrogen (secondary N) is 2. The predicted octanol–water partition coefficient (Wildman–Crippen LogP) is 2.60. The average Bonchev–Trinajstić information content (AvgIpc) is 3.28. The number of fused-ring (bicyclic) bond motifs is 3. The quantitative estimate of drug-likeness (QED) is 0.563. The van der Waals surface area contributed by atoms with Crippen LogP contribution >= 0.6 is 0 Å². The number of aryl methyl sites for hydroxylation is 1. The zero-order chi connectivity index (χ0) is 22.0. The third-order valence-electron chi connectivity index (χ3n) is 5.09. The highest BCUT2D eigenvalue weighted by atomic mass is 16.5. The number of hydrogen-bond donors (Lipinski definition) is 3. The molecule has 2 amide bonds. The van der Waals surface area contributed by atoms with Crippen LogP contribution in [-0.4, -0.2) is 46.0 Å². The van der Waals surface area contributed by atoms with E-state index >= 15 is 0 Å². The van der Waals surface area contributed by atoms with E-state index in [2.05, 4.69) is 27.9 Å². The normalized spacial score (nSPS) is 12.0. The minimum Gasteiger partial charge on any atom is -0.480 e. The highest BCUT2D eigenvalue weighted by molar-refractivity contribution is 5.96. The summed E-state index contributed by atoms with van der Waals surface area (Å²) in [5.41, 5.74) is 4.58. The molecule has 0 atom stereocenters. The summed E-state index contributed by atoms with van der Waals surface area (Å²) < 4.78 is 6.70. The molecule has 9 heteroatoms. The SMILES string of the molecule is Cn1nc(NC(=O)OCC2c3ccccc3-c3ccccc32)cc1C(=O)NCC(=O)O. The van der Waals surface area contributed by atoms with Crippen molar-refractivity contribution in [3.05, 3.63) is 71.4 Å². The Morgan fingerprint density at radius 3 is 2.29 bits per heavy atom. The van der Waals surface area contributed by atoms with E-state index in [1.165, 1.54) is 17.8 Å². The van der Waals surface area contributed by atoms with Gasteiger partial charge in [0.25, 0.3) is 5.91 Å². The van der Waals surface area contributed by atoms with Crippen molar-refractivity contribution in [2.75, 3.05) is 18.5 Å². The zero-order valence-electron chi connectivity index (χ0n) is 16.7. The first-order valence-electron chi connectivity index (χ1n) is 9.60. The lowest BCUT2D eigenvalue weighted by atomic mass is 9.98. The summed E-state index contributed by atoms with van der Waals surface area (Å²) >= 11 is 0. The summed E-state index contributed by atoms with van der Waals surface area (Å²) in [4.78, 5) is 35.0. The maximum Gasteiger partial charge on any atom is 0.412 e. The van der Waals surface area contributed by atoms with E-state index in [4.69, 9.17) is 9.84 Å². The number of amides is 2. The van der Waals surface area contributed by atoms with Gasteiger partial charge in [0.2, 0.25) is 0 Å². The Hall–Kier alpha value is -4.14. The summed E-state index contributed by atoms with van der Waals surface area (Å²) in [7, 11) is 1.51. The zero-order valence-corrected chi connectivity index (χ0v) is 16.7. The van der Waals surface area contributed by atoms with Gasteiger partial charge in [-0.05, 0) is 22.3 Å². The first-order valence-corrected chi connectivity index (χ1v) is 9.60. The molecule has 1 aliphatic carbocycles. The number of nitrogens with zero attached hydrogens (tertiary/aromatic N) is 2. The number of anilines is 1. The Balaban J connectivity index is 1.41. The molecule has 0 bridgehead atoms. The largest absolute Gasteiger partial charge is 0.480 e. The molecule has 0 aliphatic heterocycles. The molecule has 1 heterocycles. The van der Waals surface area contributed by atoms with Crippen molar-refractivity contribution in [1.29, 1.82) is 0 Å². The van der Waals surface area contributed by atoms with E-state index in [1.54, 1.807) is 0 Å². The van der Waals surface area contributed by atoms with Gasteiger partial charge in [-0.1, -0.05) is 48.5 Å². The van der Waals surface area contributed by atoms with Crippen LogP contribution in [0.15, 0.2) is 54.6 Å². The van der Waals surface area contributed by atoms with Crippen LogP contribution in [0.2, 0.25) is 0 Å². The fourth-order valence-electron chi connectivity index (χ4n) is 3.73. The van der Waals surface area contributed by atoms with Crippen molar-refractivity contribution in [3.8, 4) is 11.1 Å². The minimum atomic E-state index is -1.16. The van der Waals surface area contributed by atoms with Crippen LogP contribution < -0.4 is 10.6 Å². The molecule has 0 radical (unpaired) electrons. The lowest BCUT2D eigenvalue weighted by Crippen LogP contribution is -2.30. The summed E-state index contributed by atoms with van der Waals surface area (Å²) in [5.74, 6) is -1.72. The van der Waals surface area contributed by atoms with Crippen molar-refractivity contribution < 1.29 is 24.2 Å². The summed E-state index contributed by atoms with van der Waals surface area (Å²) in [6.07, 6.45) is -0.697. The number of hydrogen-bond acceptors (Lipinski definition) is 5. The van der Waals surface area contributed by atoms with E-state index in [0.29, 0.717) is 0 Å². The van der Waals surface area contributed by atoms with E-state index < -0.39 is 24.5 Å². The Bertz CT molecular complexity index is 1120. The number of carboxylic acid groups (broad SMARTS) is 1. The molecule has 0 spiro atoms. The molecule has 4 rings (SSSR count). The van der Waals surface area contributed by atoms with Crippen molar-refractivity contribution >= 4 is 23.8 Å². The van der Waals surface area contributed by atoms with Crippen molar-refractivity contribution in [3.63, 3.8) is 0 Å². The van der Waals surface area contributed by atoms with E-state index in [9.17, 15) is 14.4 Å². The topological polar surface area (TPSA) is 123 Å². The number of benzene rings is 2. The Morgan fingerprint density at radius 1 is 1.06 bits per heavy atom. The van der Waals surface area contributed by atoms with Gasteiger partial charge in [-0.2, -0.15) is 5.10 Å². The molecule has 31 heavy (non-hydrogen) atoms. The monoisotopic (exact) mass is 420 g/mol. The Labute approximate surface area is 177 Å². The van der Waals surface area contributed by atoms with Crippen LogP contribution in [0.5, 0.6) is 0 Å². The van der Waals surface area contributed by atoms with E-state index in [0.717, 1.165) is 22.3 Å². The molecule has 3 aromatic rings. The van der Waals surface area contributed by atoms with Crippen LogP contribution in [0, 0.1) is 0 Å². The molecule has 158 valence electrons. The molecule has 1 aromatic heterocycles. The molecular formula is C22H20N4O5. The van der Waals surface area contributed by atoms with Gasteiger partial charge in [0.05, 0.1) is 0 Å². The maximum absolute atomic E-state index is 12.3. The lowest BCUT2D eigenvalue weighted by Gasteiger charge is -2.14. The highest BCUT2D eigenvalue weighted by Gasteiger charge is 2.29. The molecular weight excluding hydrogens is 400 g/mol. The smallest absolute Gasteiger partial charge is 0.412 e. The second kappa shape index (κ2) is 8.31. The molecule has 3 N–H and O–H groups in total. The maximum atomic E-state index is 12.3. The van der Waals surface area contributed by atoms with Gasteiger partial charge >= 0.3 is 12.1 Å². The number of rotatable bonds is 6. The third kappa shape index (κ3) is 4.11. The second-order valence-corrected chi connectivity index (χ2v) is 7.07. The second-order valence-electron chi connectivity index (χ2n) is 7.07. The number of aliphatic carboxylic acids is 1. The Morgan fingerprint density at radius 2 is 1.68 bits per heavy atom. The Kier molecular flexibility index (Phi) is 5.40. The number of ether oxygens (including phenoxy) is 1. The molecule has 2 aromatic carbocycles. The fourth-order valence-corrected chi connectivity index (χ4v) is 3.73. The number of carboxylic acids is 1. The third-order valence-corrected chi connectivity index (χ3v) is 5.09. The van der Waals surface area contributed by atoms with Gasteiger partial charge in [0.1, 0.15) is 18.8 Å². The molecule has 0 fully saturated rings. The number of aromatic nitrogens is 2. The van der Waals surface area contributed by atoms with Crippen molar-refractivity contribution in [1.82, 2.24) is 15.1 Å². The number of carbonyl (C=O) groups excluding carboxylic acids is 2. The van der Waals surface area contributed by atoms with Crippen LogP contribution in [-0.2, 0) is 16.6 Å². The minimum absolute atomic E-state index is 0.0701. The van der Waals surface area contributed by atoms with E-state index in [-0.39, 0.29) is 24.0 Å². The predicted molar refractivity (Wildman–Crippen MR) is 112 cm³/mol. The molecule has 1 aliphatic rings. The first-order chi connectivity index (χ1) is 14.9. The van der Waals surface area contributed by atoms with Crippen LogP contribution in [0.25, 0.3) is 11.1 Å². The lowest BCUT2D eigenvalue weighted by molar-refractivity contribution is -0.135. The molecule has 0 unspecified atom stereocenters. The van der Waals surface area contributed by atoms with Gasteiger partial charge in [0.15, 0.2) is 5.82 Å². The molecule has 0 saturated heterocycles. The standard InChI is InChI=1S/C22H20N4O5/c1-26-18(21(29)23-11-20(27)28)10-19(25-26)24-22(30)31-12-17-15-8-4-2-6-13(15)14-7-3-5-9-16(14)17/h2-10,17H,11-12H2,1H3,(H,23,29)(H,27,28)(H,24,25,30). The van der Waals surface area contributed by atoms with E-state index in [1.807, 2.05) is 36.4 Å². The van der Waals surface area contributed by atoms with Crippen LogP contribution in [0.3, 0.4) is 0 Å². The summed E-state index contributed by atoms with van der Waals surface area (Å²) in [5, 5.41) is 17.5. The summed E-state index contributed by atoms with van der Waals surface area (Å²) in [6.45, 7) is -0.363. The van der Waals surface area contributed by atoms with Gasteiger partial charge < -0.3 is 15.2 Å². The van der Waals surface area contributed by atoms with Gasteiger partial charge in [-0.25, -0.2) is 4.79 Å². The highest BCUT2D eigenvalue weighted by Crippen LogP contribution is 2.44. The van der Waals surface area contributed by atoms with Gasteiger partial charge in [-0.15, -0.1) is 0 Å². The van der Waals surface area contributed by atoms with Crippen LogP contribution in [0.1, 0.15) is 27.5 Å². The molecule has 0 saturated carbocycles. The number of carbonyl (C=O) groups is 3. The van der Waals surface area contributed by atoms with Crippen LogP contribution in [0.4, 0.5) is 10.6 Å². The fraction of sp³-hybridized carbons (Fsp3) is 0.182. The average molecular weight is 420 g/mol. The van der Waals surface area contributed by atoms with Gasteiger partial charge in [-0.3, -0.25) is 19.6 Å². The first kappa shape index (κ1) is 20.1. The van der Waals surface area contributed by atoms with Crippen molar-refractivity contribution in [2.24, 2.45) is 7.05 Å². The van der Waals surface area contributed by atoms with Gasteiger partial charge in [0, 0.05) is 19.0 Å². The van der Waals surface area contributed by atoms with Crippen molar-refractivity contribution in [2.45, 2.75) is 5.92 Å². The molecule has 9 nitrogen and oxygen atoms in total. The summed E-state index contributed by atoms with van der Waals surface area (Å²) in [6, 6.07) is 17.4.